The number of H-pyrrole nitrogens is 1. The number of rotatable bonds is 1. The highest BCUT2D eigenvalue weighted by Gasteiger charge is 2.40. The van der Waals surface area contributed by atoms with Crippen LogP contribution in [0.1, 0.15) is 23.2 Å². The van der Waals surface area contributed by atoms with Crippen LogP contribution in [0, 0.1) is 23.5 Å². The van der Waals surface area contributed by atoms with Crippen molar-refractivity contribution in [3.05, 3.63) is 53.0 Å². The molecule has 4 heterocycles. The maximum absolute atomic E-state index is 13.8. The predicted molar refractivity (Wildman–Crippen MR) is 115 cm³/mol. The number of nitrogens with one attached hydrogen (secondary N) is 1. The third-order valence-electron chi connectivity index (χ3n) is 6.98. The fourth-order valence-corrected chi connectivity index (χ4v) is 5.23. The molecular formula is C23H24F5N5O. The van der Waals surface area contributed by atoms with Crippen LogP contribution in [0.5, 0.6) is 0 Å². The molecule has 11 heteroatoms. The second-order valence-corrected chi connectivity index (χ2v) is 9.14. The van der Waals surface area contributed by atoms with Crippen LogP contribution in [-0.4, -0.2) is 52.2 Å². The number of fused-ring (bicyclic) bond motifs is 3. The van der Waals surface area contributed by atoms with E-state index in [1.54, 1.807) is 0 Å². The molecule has 0 radical (unpaired) electrons. The molecule has 2 aromatic heterocycles. The van der Waals surface area contributed by atoms with Gasteiger partial charge in [0.15, 0.2) is 0 Å². The van der Waals surface area contributed by atoms with Gasteiger partial charge in [-0.1, -0.05) is 0 Å². The Morgan fingerprint density at radius 3 is 2.47 bits per heavy atom. The SMILES string of the molecule is Fc1cc(F)c2c(c1)CC(N1CC3COCC3C1)CC2.Nc1ncnc2[nH]c(C(F)(F)F)cc12. The number of hydrogen-bond acceptors (Lipinski definition) is 5. The molecule has 3 aliphatic rings. The molecule has 2 saturated heterocycles. The van der Waals surface area contributed by atoms with Gasteiger partial charge in [0, 0.05) is 37.0 Å². The monoisotopic (exact) mass is 481 g/mol. The fraction of sp³-hybridized carbons (Fsp3) is 0.478. The topological polar surface area (TPSA) is 80.1 Å². The number of alkyl halides is 3. The van der Waals surface area contributed by atoms with Gasteiger partial charge in [0.1, 0.15) is 35.1 Å². The molecule has 2 aliphatic heterocycles. The molecule has 0 amide bonds. The van der Waals surface area contributed by atoms with E-state index in [-0.39, 0.29) is 22.7 Å². The number of likely N-dealkylation sites (tertiary alicyclic amines) is 1. The van der Waals surface area contributed by atoms with Crippen LogP contribution >= 0.6 is 0 Å². The Balaban J connectivity index is 0.000000152. The quantitative estimate of drug-likeness (QED) is 0.515. The molecule has 34 heavy (non-hydrogen) atoms. The van der Waals surface area contributed by atoms with Gasteiger partial charge in [0.25, 0.3) is 0 Å². The molecular weight excluding hydrogens is 457 g/mol. The fourth-order valence-electron chi connectivity index (χ4n) is 5.23. The third kappa shape index (κ3) is 4.46. The van der Waals surface area contributed by atoms with Crippen molar-refractivity contribution in [2.45, 2.75) is 31.5 Å². The molecule has 0 bridgehead atoms. The maximum atomic E-state index is 13.8. The normalized spacial score (nSPS) is 24.6. The number of nitrogen functional groups attached to an aromatic ring is 1. The lowest BCUT2D eigenvalue weighted by Gasteiger charge is -2.33. The zero-order valence-corrected chi connectivity index (χ0v) is 18.2. The maximum Gasteiger partial charge on any atom is 0.431 e. The summed E-state index contributed by atoms with van der Waals surface area (Å²) in [7, 11) is 0. The van der Waals surface area contributed by atoms with E-state index in [1.165, 1.54) is 6.07 Å². The van der Waals surface area contributed by atoms with Crippen LogP contribution in [0.4, 0.5) is 27.8 Å². The van der Waals surface area contributed by atoms with Gasteiger partial charge in [-0.2, -0.15) is 13.2 Å². The first-order valence-electron chi connectivity index (χ1n) is 11.1. The summed E-state index contributed by atoms with van der Waals surface area (Å²) >= 11 is 0. The average molecular weight is 481 g/mol. The molecule has 1 aromatic carbocycles. The number of benzene rings is 1. The summed E-state index contributed by atoms with van der Waals surface area (Å²) in [5.74, 6) is 0.543. The van der Waals surface area contributed by atoms with Crippen LogP contribution in [0.2, 0.25) is 0 Å². The zero-order chi connectivity index (χ0) is 24.0. The molecule has 3 unspecified atom stereocenters. The molecule has 6 nitrogen and oxygen atoms in total. The average Bonchev–Trinajstić information content (AvgIpc) is 3.48. The van der Waals surface area contributed by atoms with E-state index in [2.05, 4.69) is 19.9 Å². The number of nitrogens with zero attached hydrogens (tertiary/aromatic N) is 3. The number of halogens is 5. The molecule has 1 aliphatic carbocycles. The van der Waals surface area contributed by atoms with Gasteiger partial charge in [-0.25, -0.2) is 18.7 Å². The van der Waals surface area contributed by atoms with Gasteiger partial charge in [0.2, 0.25) is 0 Å². The largest absolute Gasteiger partial charge is 0.431 e. The van der Waals surface area contributed by atoms with Gasteiger partial charge in [-0.05, 0) is 42.5 Å². The lowest BCUT2D eigenvalue weighted by molar-refractivity contribution is -0.140. The summed E-state index contributed by atoms with van der Waals surface area (Å²) < 4.78 is 69.4. The van der Waals surface area contributed by atoms with Crippen molar-refractivity contribution >= 4 is 16.9 Å². The lowest BCUT2D eigenvalue weighted by atomic mass is 9.87. The summed E-state index contributed by atoms with van der Waals surface area (Å²) in [5, 5.41) is 0.180. The van der Waals surface area contributed by atoms with Crippen molar-refractivity contribution in [3.8, 4) is 0 Å². The number of nitrogens with two attached hydrogens (primary N) is 1. The van der Waals surface area contributed by atoms with Gasteiger partial charge in [0.05, 0.1) is 18.6 Å². The van der Waals surface area contributed by atoms with Gasteiger partial charge < -0.3 is 15.5 Å². The Bertz CT molecular complexity index is 1180. The van der Waals surface area contributed by atoms with E-state index in [0.29, 0.717) is 17.9 Å². The Morgan fingerprint density at radius 2 is 1.79 bits per heavy atom. The highest BCUT2D eigenvalue weighted by Crippen LogP contribution is 2.35. The first-order valence-corrected chi connectivity index (χ1v) is 11.1. The van der Waals surface area contributed by atoms with Crippen LogP contribution in [0.3, 0.4) is 0 Å². The Hall–Kier alpha value is -2.79. The molecule has 3 N–H and O–H groups in total. The number of anilines is 1. The highest BCUT2D eigenvalue weighted by atomic mass is 19.4. The molecule has 3 aromatic rings. The smallest absolute Gasteiger partial charge is 0.383 e. The number of ether oxygens (including phenoxy) is 1. The molecule has 6 rings (SSSR count). The van der Waals surface area contributed by atoms with Gasteiger partial charge in [-0.15, -0.1) is 0 Å². The molecule has 0 spiro atoms. The molecule has 3 atom stereocenters. The van der Waals surface area contributed by atoms with Crippen LogP contribution in [0.15, 0.2) is 24.5 Å². The summed E-state index contributed by atoms with van der Waals surface area (Å²) in [6.07, 6.45) is -0.823. The van der Waals surface area contributed by atoms with E-state index < -0.39 is 17.7 Å². The summed E-state index contributed by atoms with van der Waals surface area (Å²) in [6.45, 7) is 3.94. The zero-order valence-electron chi connectivity index (χ0n) is 18.2. The van der Waals surface area contributed by atoms with Gasteiger partial charge >= 0.3 is 6.18 Å². The van der Waals surface area contributed by atoms with Crippen molar-refractivity contribution in [2.75, 3.05) is 32.0 Å². The summed E-state index contributed by atoms with van der Waals surface area (Å²) in [4.78, 5) is 11.8. The van der Waals surface area contributed by atoms with E-state index in [9.17, 15) is 22.0 Å². The second kappa shape index (κ2) is 8.77. The van der Waals surface area contributed by atoms with E-state index in [4.69, 9.17) is 10.5 Å². The van der Waals surface area contributed by atoms with E-state index in [1.807, 2.05) is 0 Å². The van der Waals surface area contributed by atoms with Crippen molar-refractivity contribution in [3.63, 3.8) is 0 Å². The Labute approximate surface area is 192 Å². The van der Waals surface area contributed by atoms with Crippen molar-refractivity contribution in [2.24, 2.45) is 11.8 Å². The standard InChI is InChI=1S/C16H19F2NO.C7H5F3N4/c17-13-3-10-4-14(1-2-15(10)16(18)5-13)19-6-11-8-20-9-12(11)7-19;8-7(9,10)4-1-3-5(11)12-2-13-6(3)14-4/h3,5,11-12,14H,1-2,4,6-9H2;1-2H,(H3,11,12,13,14). The Kier molecular flexibility index (Phi) is 5.93. The van der Waals surface area contributed by atoms with E-state index >= 15 is 0 Å². The number of aromatic amines is 1. The second-order valence-electron chi connectivity index (χ2n) is 9.14. The molecule has 182 valence electrons. The lowest BCUT2D eigenvalue weighted by Crippen LogP contribution is -2.39. The Morgan fingerprint density at radius 1 is 1.06 bits per heavy atom. The predicted octanol–water partition coefficient (Wildman–Crippen LogP) is 3.96. The minimum absolute atomic E-state index is 0.0294. The molecule has 2 fully saturated rings. The highest BCUT2D eigenvalue weighted by molar-refractivity contribution is 5.86. The van der Waals surface area contributed by atoms with Crippen molar-refractivity contribution in [1.29, 1.82) is 0 Å². The summed E-state index contributed by atoms with van der Waals surface area (Å²) in [6, 6.07) is 3.86. The van der Waals surface area contributed by atoms with Crippen molar-refractivity contribution < 1.29 is 26.7 Å². The minimum Gasteiger partial charge on any atom is -0.383 e. The first kappa shape index (κ1) is 23.0. The van der Waals surface area contributed by atoms with Crippen LogP contribution in [0.25, 0.3) is 11.0 Å². The van der Waals surface area contributed by atoms with Crippen LogP contribution in [-0.2, 0) is 23.8 Å². The van der Waals surface area contributed by atoms with Gasteiger partial charge in [-0.3, -0.25) is 4.90 Å². The third-order valence-corrected chi connectivity index (χ3v) is 6.98. The first-order chi connectivity index (χ1) is 16.2. The minimum atomic E-state index is -4.42. The number of hydrogen-bond donors (Lipinski definition) is 2. The van der Waals surface area contributed by atoms with E-state index in [0.717, 1.165) is 75.2 Å². The summed E-state index contributed by atoms with van der Waals surface area (Å²) in [5.41, 5.74) is 6.18. The van der Waals surface area contributed by atoms with Crippen LogP contribution < -0.4 is 5.73 Å². The van der Waals surface area contributed by atoms with Crippen molar-refractivity contribution in [1.82, 2.24) is 19.9 Å². The molecule has 0 saturated carbocycles. The number of aromatic nitrogens is 3.